The summed E-state index contributed by atoms with van der Waals surface area (Å²) in [6, 6.07) is 16.1. The van der Waals surface area contributed by atoms with E-state index in [1.54, 1.807) is 0 Å². The third-order valence-electron chi connectivity index (χ3n) is 13.6. The molecular weight excluding hydrogens is 959 g/mol. The average Bonchev–Trinajstić information content (AvgIpc) is 4.13. The van der Waals surface area contributed by atoms with E-state index < -0.39 is 40.4 Å². The highest BCUT2D eigenvalue weighted by Crippen LogP contribution is 2.35. The van der Waals surface area contributed by atoms with Crippen molar-refractivity contribution < 1.29 is 38.1 Å². The molecule has 2 aromatic carbocycles. The van der Waals surface area contributed by atoms with Crippen LogP contribution >= 0.6 is 0 Å². The largest absolute Gasteiger partial charge is 0.453 e. The highest BCUT2D eigenvalue weighted by atomic mass is 28.3. The van der Waals surface area contributed by atoms with Crippen LogP contribution in [-0.2, 0) is 35.3 Å². The summed E-state index contributed by atoms with van der Waals surface area (Å²) in [4.78, 5) is 68.9. The van der Waals surface area contributed by atoms with E-state index in [9.17, 15) is 19.2 Å². The number of nitrogens with one attached hydrogen (secondary N) is 3. The lowest BCUT2D eigenvalue weighted by Gasteiger charge is -2.40. The van der Waals surface area contributed by atoms with Crippen LogP contribution in [-0.4, -0.2) is 155 Å². The molecule has 3 N–H and O–H groups in total. The van der Waals surface area contributed by atoms with Gasteiger partial charge in [0, 0.05) is 73.2 Å². The number of carbonyl (C=O) groups excluding carboxylic acids is 4. The summed E-state index contributed by atoms with van der Waals surface area (Å²) in [6.07, 6.45) is 2.15. The van der Waals surface area contributed by atoms with Gasteiger partial charge in [-0.3, -0.25) is 14.6 Å². The molecule has 17 nitrogen and oxygen atoms in total. The van der Waals surface area contributed by atoms with Crippen LogP contribution in [0.3, 0.4) is 0 Å². The zero-order chi connectivity index (χ0) is 53.0. The molecule has 1 unspecified atom stereocenters. The number of nitrogens with zero attached hydrogens (tertiary/aromatic N) is 6. The maximum Gasteiger partial charge on any atom is 0.407 e. The number of amides is 4. The molecule has 3 aliphatic heterocycles. The second-order valence-electron chi connectivity index (χ2n) is 22.5. The SMILES string of the molecule is COC(=O)N[C@H](C(=O)N1CCNC[C@H]1C1=NC(c2ccc(C#Cc3ccc(-c4cnc([C@@H]5CCCN5C(=O)[C@@H](NC(=O)OC)C(C)C)n4COCC[Si](C)(C)C)cc3)cc2)CN1COCC[Si](C)(C)C)C(C)C. The maximum absolute atomic E-state index is 14.2. The number of benzene rings is 2. The predicted octanol–water partition coefficient (Wildman–Crippen LogP) is 7.55. The summed E-state index contributed by atoms with van der Waals surface area (Å²) >= 11 is 0. The highest BCUT2D eigenvalue weighted by molar-refractivity contribution is 6.76. The van der Waals surface area contributed by atoms with Crippen molar-refractivity contribution in [1.82, 2.24) is 40.2 Å². The first kappa shape index (κ1) is 56.8. The molecule has 0 bridgehead atoms. The topological polar surface area (TPSA) is 181 Å². The first-order valence-electron chi connectivity index (χ1n) is 25.9. The molecule has 0 saturated carbocycles. The Kier molecular flexibility index (Phi) is 19.9. The number of imidazole rings is 1. The van der Waals surface area contributed by atoms with E-state index >= 15 is 0 Å². The molecule has 19 heteroatoms. The minimum Gasteiger partial charge on any atom is -0.453 e. The van der Waals surface area contributed by atoms with Gasteiger partial charge in [-0.25, -0.2) is 14.6 Å². The van der Waals surface area contributed by atoms with Gasteiger partial charge in [0.05, 0.1) is 38.2 Å². The molecule has 3 aromatic rings. The predicted molar refractivity (Wildman–Crippen MR) is 290 cm³/mol. The number of hydrogen-bond donors (Lipinski definition) is 3. The van der Waals surface area contributed by atoms with Gasteiger partial charge >= 0.3 is 12.2 Å². The lowest BCUT2D eigenvalue weighted by atomic mass is 10.0. The van der Waals surface area contributed by atoms with Crippen LogP contribution in [0.4, 0.5) is 9.59 Å². The van der Waals surface area contributed by atoms with E-state index in [4.69, 9.17) is 28.9 Å². The summed E-state index contributed by atoms with van der Waals surface area (Å²) < 4.78 is 24.5. The fourth-order valence-electron chi connectivity index (χ4n) is 9.20. The smallest absolute Gasteiger partial charge is 0.407 e. The summed E-state index contributed by atoms with van der Waals surface area (Å²) in [5.41, 5.74) is 4.59. The van der Waals surface area contributed by atoms with Crippen LogP contribution in [0.2, 0.25) is 51.4 Å². The highest BCUT2D eigenvalue weighted by Gasteiger charge is 2.42. The Labute approximate surface area is 435 Å². The summed E-state index contributed by atoms with van der Waals surface area (Å²) in [5.74, 6) is 7.63. The van der Waals surface area contributed by atoms with Gasteiger partial charge in [-0.1, -0.05) is 103 Å². The first-order chi connectivity index (χ1) is 34.7. The molecule has 1 aromatic heterocycles. The molecule has 398 valence electrons. The Morgan fingerprint density at radius 2 is 1.27 bits per heavy atom. The summed E-state index contributed by atoms with van der Waals surface area (Å²) in [7, 11) is -0.0602. The number of alkyl carbamates (subject to hydrolysis) is 2. The lowest BCUT2D eigenvalue weighted by molar-refractivity contribution is -0.136. The third-order valence-corrected chi connectivity index (χ3v) is 17.0. The number of hydrogen-bond acceptors (Lipinski definition) is 12. The molecule has 6 rings (SSSR count). The number of likely N-dealkylation sites (tertiary alicyclic amines) is 1. The van der Waals surface area contributed by atoms with Gasteiger partial charge in [0.15, 0.2) is 0 Å². The number of carbonyl (C=O) groups is 4. The molecule has 73 heavy (non-hydrogen) atoms. The van der Waals surface area contributed by atoms with Crippen molar-refractivity contribution in [3.8, 4) is 23.1 Å². The molecule has 2 fully saturated rings. The van der Waals surface area contributed by atoms with Gasteiger partial charge in [-0.15, -0.1) is 0 Å². The number of amidine groups is 1. The number of piperazine rings is 1. The van der Waals surface area contributed by atoms with Crippen molar-refractivity contribution in [1.29, 1.82) is 0 Å². The average molecular weight is 1040 g/mol. The van der Waals surface area contributed by atoms with E-state index in [1.807, 2.05) is 80.1 Å². The molecule has 2 saturated heterocycles. The van der Waals surface area contributed by atoms with Crippen LogP contribution in [0.25, 0.3) is 11.3 Å². The third kappa shape index (κ3) is 15.5. The molecule has 0 radical (unpaired) electrons. The number of methoxy groups -OCH3 is 2. The molecular formula is C54H81N9O8Si2. The standard InChI is InChI=1S/C54H81N9O8Si2/c1-37(2)47(58-53(66)68-5)51(64)61-26-13-14-44(61)49-56-33-45(63(49)36-71-29-31-73(10,11)12)42-23-19-40(20-24-42)16-15-39-17-21-41(22-18-39)43-34-60(35-70-28-30-72(7,8)9)50(57-43)46-32-55-25-27-62(46)52(65)48(38(3)4)59-54(67)69-6/h17-24,33,37-38,43-44,46-48,55H,13-14,25-32,34-36H2,1-12H3,(H,58,66)(H,59,67)/t43?,44-,46-,47-,48-/m0/s1. The van der Waals surface area contributed by atoms with Crippen molar-refractivity contribution in [2.45, 2.75) is 129 Å². The normalized spacial score (nSPS) is 19.1. The van der Waals surface area contributed by atoms with E-state index in [0.29, 0.717) is 59.4 Å². The van der Waals surface area contributed by atoms with Crippen molar-refractivity contribution in [3.05, 3.63) is 77.2 Å². The summed E-state index contributed by atoms with van der Waals surface area (Å²) in [6.45, 7) is 26.4. The van der Waals surface area contributed by atoms with Crippen molar-refractivity contribution in [2.24, 2.45) is 16.8 Å². The fourth-order valence-corrected chi connectivity index (χ4v) is 10.7. The van der Waals surface area contributed by atoms with Gasteiger partial charge in [0.25, 0.3) is 0 Å². The van der Waals surface area contributed by atoms with Crippen molar-refractivity contribution in [3.63, 3.8) is 0 Å². The van der Waals surface area contributed by atoms with Gasteiger partial charge < -0.3 is 54.2 Å². The molecule has 4 heterocycles. The van der Waals surface area contributed by atoms with Crippen LogP contribution in [0.1, 0.15) is 75.1 Å². The van der Waals surface area contributed by atoms with Crippen molar-refractivity contribution >= 4 is 46.0 Å². The number of rotatable bonds is 20. The Balaban J connectivity index is 1.20. The Hall–Kier alpha value is -5.53. The maximum atomic E-state index is 14.2. The lowest BCUT2D eigenvalue weighted by Crippen LogP contribution is -2.63. The molecule has 0 aliphatic carbocycles. The van der Waals surface area contributed by atoms with Gasteiger partial charge in [-0.05, 0) is 72.2 Å². The zero-order valence-electron chi connectivity index (χ0n) is 45.4. The van der Waals surface area contributed by atoms with Crippen LogP contribution < -0.4 is 16.0 Å². The quantitative estimate of drug-likeness (QED) is 0.0578. The van der Waals surface area contributed by atoms with E-state index in [0.717, 1.165) is 64.5 Å². The molecule has 5 atom stereocenters. The van der Waals surface area contributed by atoms with Gasteiger partial charge in [-0.2, -0.15) is 0 Å². The molecule has 3 aliphatic rings. The van der Waals surface area contributed by atoms with E-state index in [2.05, 4.69) is 88.7 Å². The Morgan fingerprint density at radius 3 is 1.81 bits per heavy atom. The van der Waals surface area contributed by atoms with Gasteiger partial charge in [0.2, 0.25) is 11.8 Å². The van der Waals surface area contributed by atoms with Crippen LogP contribution in [0.5, 0.6) is 0 Å². The van der Waals surface area contributed by atoms with Gasteiger partial charge in [0.1, 0.15) is 43.2 Å². The van der Waals surface area contributed by atoms with E-state index in [-0.39, 0.29) is 41.8 Å². The van der Waals surface area contributed by atoms with Crippen LogP contribution in [0, 0.1) is 23.7 Å². The van der Waals surface area contributed by atoms with Crippen molar-refractivity contribution in [2.75, 3.05) is 66.9 Å². The zero-order valence-corrected chi connectivity index (χ0v) is 47.4. The monoisotopic (exact) mass is 1040 g/mol. The van der Waals surface area contributed by atoms with E-state index in [1.165, 1.54) is 14.2 Å². The minimum absolute atomic E-state index is 0.142. The number of aliphatic imine (C=N–C) groups is 1. The Bertz CT molecular complexity index is 2440. The van der Waals surface area contributed by atoms with Crippen LogP contribution in [0.15, 0.2) is 59.7 Å². The number of aromatic nitrogens is 2. The fraction of sp³-hybridized carbons (Fsp3) is 0.593. The molecule has 0 spiro atoms. The second-order valence-corrected chi connectivity index (χ2v) is 33.7. The summed E-state index contributed by atoms with van der Waals surface area (Å²) in [5, 5.41) is 8.98. The second kappa shape index (κ2) is 25.6. The minimum atomic E-state index is -1.34. The Morgan fingerprint density at radius 1 is 0.740 bits per heavy atom. The first-order valence-corrected chi connectivity index (χ1v) is 33.4. The number of ether oxygens (including phenoxy) is 4. The molecule has 4 amide bonds.